The van der Waals surface area contributed by atoms with Crippen molar-refractivity contribution in [2.75, 3.05) is 13.1 Å². The van der Waals surface area contributed by atoms with E-state index in [1.54, 1.807) is 0 Å². The summed E-state index contributed by atoms with van der Waals surface area (Å²) < 4.78 is 0. The molecule has 0 aliphatic carbocycles. The molecule has 0 aromatic carbocycles. The fourth-order valence-corrected chi connectivity index (χ4v) is 6.36. The molecule has 0 fully saturated rings. The fourth-order valence-electron chi connectivity index (χ4n) is 6.36. The smallest absolute Gasteiger partial charge is 0.101 e. The number of nitrogens with zero attached hydrogens (tertiary/aromatic N) is 2. The minimum absolute atomic E-state index is 0.640. The Kier molecular flexibility index (Phi) is 26.9. The van der Waals surface area contributed by atoms with E-state index in [0.717, 1.165) is 0 Å². The molecule has 1 aliphatic heterocycles. The second kappa shape index (κ2) is 28.9. The van der Waals surface area contributed by atoms with Gasteiger partial charge in [-0.1, -0.05) is 181 Å². The Morgan fingerprint density at radius 2 is 0.590 bits per heavy atom. The van der Waals surface area contributed by atoms with E-state index in [9.17, 15) is 0 Å². The predicted molar refractivity (Wildman–Crippen MR) is 177 cm³/mol. The van der Waals surface area contributed by atoms with Gasteiger partial charge in [-0.3, -0.25) is 0 Å². The van der Waals surface area contributed by atoms with Crippen molar-refractivity contribution in [3.63, 3.8) is 0 Å². The third-order valence-corrected chi connectivity index (χ3v) is 9.07. The summed E-state index contributed by atoms with van der Waals surface area (Å²) in [6.07, 6.45) is 47.0. The molecule has 0 bridgehead atoms. The summed E-state index contributed by atoms with van der Waals surface area (Å²) in [5.74, 6) is 0. The molecule has 1 rings (SSSR count). The summed E-state index contributed by atoms with van der Waals surface area (Å²) in [7, 11) is 0. The zero-order valence-corrected chi connectivity index (χ0v) is 27.5. The van der Waals surface area contributed by atoms with Gasteiger partial charge in [0.1, 0.15) is 6.17 Å². The van der Waals surface area contributed by atoms with Crippen molar-refractivity contribution in [1.29, 1.82) is 0 Å². The number of hydrogen-bond acceptors (Lipinski definition) is 2. The molecule has 0 saturated heterocycles. The molecule has 232 valence electrons. The monoisotopic (exact) mass is 547 g/mol. The van der Waals surface area contributed by atoms with Gasteiger partial charge in [-0.15, -0.1) is 0 Å². The average Bonchev–Trinajstić information content (AvgIpc) is 3.33. The molecule has 0 aromatic rings. The van der Waals surface area contributed by atoms with Crippen LogP contribution in [0.5, 0.6) is 0 Å². The summed E-state index contributed by atoms with van der Waals surface area (Å²) in [6.45, 7) is 9.48. The number of unbranched alkanes of at least 4 members (excludes halogenated alkanes) is 25. The lowest BCUT2D eigenvalue weighted by molar-refractivity contribution is 0.135. The lowest BCUT2D eigenvalue weighted by Gasteiger charge is -2.33. The van der Waals surface area contributed by atoms with Crippen molar-refractivity contribution in [3.8, 4) is 0 Å². The van der Waals surface area contributed by atoms with E-state index in [1.807, 2.05) is 0 Å². The summed E-state index contributed by atoms with van der Waals surface area (Å²) in [4.78, 5) is 5.38. The highest BCUT2D eigenvalue weighted by Gasteiger charge is 2.24. The third kappa shape index (κ3) is 21.7. The molecule has 2 heteroatoms. The van der Waals surface area contributed by atoms with E-state index >= 15 is 0 Å². The standard InChI is InChI=1S/C37H74N2/c1-4-7-10-12-14-16-18-20-22-24-26-28-31-34-39-36-35-38(37(39)32-29-9-6-3)33-30-27-25-23-21-19-17-15-13-11-8-5-2/h35-37H,4-34H2,1-3H3. The predicted octanol–water partition coefficient (Wildman–Crippen LogP) is 12.8. The van der Waals surface area contributed by atoms with Crippen LogP contribution in [0.4, 0.5) is 0 Å². The highest BCUT2D eigenvalue weighted by atomic mass is 15.4. The van der Waals surface area contributed by atoms with Gasteiger partial charge in [0.25, 0.3) is 0 Å². The summed E-state index contributed by atoms with van der Waals surface area (Å²) in [6, 6.07) is 0. The molecule has 1 atom stereocenters. The van der Waals surface area contributed by atoms with Gasteiger partial charge in [-0.25, -0.2) is 0 Å². The molecule has 0 radical (unpaired) electrons. The molecule has 0 aromatic heterocycles. The van der Waals surface area contributed by atoms with E-state index in [2.05, 4.69) is 43.0 Å². The maximum atomic E-state index is 2.69. The molecule has 2 nitrogen and oxygen atoms in total. The third-order valence-electron chi connectivity index (χ3n) is 9.07. The van der Waals surface area contributed by atoms with E-state index in [0.29, 0.717) is 6.17 Å². The first-order valence-corrected chi connectivity index (χ1v) is 18.5. The zero-order valence-electron chi connectivity index (χ0n) is 27.5. The van der Waals surface area contributed by atoms with Crippen molar-refractivity contribution >= 4 is 0 Å². The topological polar surface area (TPSA) is 6.48 Å². The lowest BCUT2D eigenvalue weighted by atomic mass is 10.0. The maximum Gasteiger partial charge on any atom is 0.101 e. The van der Waals surface area contributed by atoms with Crippen LogP contribution in [0.3, 0.4) is 0 Å². The van der Waals surface area contributed by atoms with Crippen molar-refractivity contribution in [2.45, 2.75) is 213 Å². The molecule has 0 saturated carbocycles. The largest absolute Gasteiger partial charge is 0.356 e. The SMILES string of the molecule is CCCCCCCCCCCCCCCN1C=CN(CCCCCCCCCCCCCC)C1CCCCC. The Balaban J connectivity index is 2.07. The first-order valence-electron chi connectivity index (χ1n) is 18.5. The second-order valence-corrected chi connectivity index (χ2v) is 12.9. The number of hydrogen-bond donors (Lipinski definition) is 0. The average molecular weight is 547 g/mol. The van der Waals surface area contributed by atoms with Crippen LogP contribution in [0.25, 0.3) is 0 Å². The molecule has 1 unspecified atom stereocenters. The van der Waals surface area contributed by atoms with Crippen LogP contribution in [0.15, 0.2) is 12.4 Å². The van der Waals surface area contributed by atoms with Gasteiger partial charge in [0.2, 0.25) is 0 Å². The fraction of sp³-hybridized carbons (Fsp3) is 0.946. The Bertz CT molecular complexity index is 502. The van der Waals surface area contributed by atoms with Crippen molar-refractivity contribution in [2.24, 2.45) is 0 Å². The summed E-state index contributed by atoms with van der Waals surface area (Å²) in [5.41, 5.74) is 0. The highest BCUT2D eigenvalue weighted by Crippen LogP contribution is 2.23. The molecule has 0 N–H and O–H groups in total. The van der Waals surface area contributed by atoms with Gasteiger partial charge in [0.05, 0.1) is 0 Å². The Morgan fingerprint density at radius 3 is 0.897 bits per heavy atom. The molecule has 0 spiro atoms. The van der Waals surface area contributed by atoms with Crippen LogP contribution in [-0.4, -0.2) is 29.1 Å². The first-order chi connectivity index (χ1) is 19.3. The summed E-state index contributed by atoms with van der Waals surface area (Å²) in [5, 5.41) is 0. The molecular formula is C37H74N2. The molecule has 0 amide bonds. The highest BCUT2D eigenvalue weighted by molar-refractivity contribution is 4.97. The van der Waals surface area contributed by atoms with E-state index < -0.39 is 0 Å². The normalized spacial score (nSPS) is 15.2. The Labute approximate surface area is 248 Å². The Hall–Kier alpha value is -0.660. The van der Waals surface area contributed by atoms with Crippen LogP contribution in [0.2, 0.25) is 0 Å². The van der Waals surface area contributed by atoms with Gasteiger partial charge >= 0.3 is 0 Å². The van der Waals surface area contributed by atoms with E-state index in [1.165, 1.54) is 199 Å². The second-order valence-electron chi connectivity index (χ2n) is 12.9. The van der Waals surface area contributed by atoms with Crippen molar-refractivity contribution in [1.82, 2.24) is 9.80 Å². The van der Waals surface area contributed by atoms with E-state index in [4.69, 9.17) is 0 Å². The number of rotatable bonds is 31. The van der Waals surface area contributed by atoms with Crippen LogP contribution >= 0.6 is 0 Å². The first kappa shape index (κ1) is 36.4. The van der Waals surface area contributed by atoms with Crippen molar-refractivity contribution in [3.05, 3.63) is 12.4 Å². The lowest BCUT2D eigenvalue weighted by Crippen LogP contribution is -2.39. The molecule has 1 aliphatic rings. The van der Waals surface area contributed by atoms with Crippen LogP contribution in [0.1, 0.15) is 207 Å². The molecule has 1 heterocycles. The van der Waals surface area contributed by atoms with Gasteiger partial charge < -0.3 is 9.80 Å². The molecule has 39 heavy (non-hydrogen) atoms. The van der Waals surface area contributed by atoms with Gasteiger partial charge in [-0.2, -0.15) is 0 Å². The minimum Gasteiger partial charge on any atom is -0.356 e. The van der Waals surface area contributed by atoms with Crippen LogP contribution < -0.4 is 0 Å². The van der Waals surface area contributed by atoms with Crippen molar-refractivity contribution < 1.29 is 0 Å². The van der Waals surface area contributed by atoms with Gasteiger partial charge in [0, 0.05) is 25.5 Å². The van der Waals surface area contributed by atoms with E-state index in [-0.39, 0.29) is 0 Å². The quantitative estimate of drug-likeness (QED) is 0.0798. The zero-order chi connectivity index (χ0) is 28.1. The minimum atomic E-state index is 0.640. The van der Waals surface area contributed by atoms with Crippen LogP contribution in [-0.2, 0) is 0 Å². The maximum absolute atomic E-state index is 2.69. The summed E-state index contributed by atoms with van der Waals surface area (Å²) >= 11 is 0. The van der Waals surface area contributed by atoms with Gasteiger partial charge in [-0.05, 0) is 25.7 Å². The van der Waals surface area contributed by atoms with Gasteiger partial charge in [0.15, 0.2) is 0 Å². The Morgan fingerprint density at radius 1 is 0.333 bits per heavy atom. The molecular weight excluding hydrogens is 472 g/mol. The van der Waals surface area contributed by atoms with Crippen LogP contribution in [0, 0.1) is 0 Å².